The van der Waals surface area contributed by atoms with Crippen LogP contribution in [0.5, 0.6) is 0 Å². The minimum Gasteiger partial charge on any atom is -0.340 e. The molecule has 0 bridgehead atoms. The maximum Gasteiger partial charge on any atom is 0.327 e. The molecule has 2 aliphatic rings. The number of likely N-dealkylation sites (N-methyl/N-ethyl adjacent to an activating group) is 1. The number of rotatable bonds is 5. The van der Waals surface area contributed by atoms with E-state index in [1.54, 1.807) is 36.1 Å². The zero-order chi connectivity index (χ0) is 21.3. The number of amides is 5. The van der Waals surface area contributed by atoms with Crippen molar-refractivity contribution < 1.29 is 19.2 Å². The average molecular weight is 421 g/mol. The van der Waals surface area contributed by atoms with Crippen LogP contribution in [0.1, 0.15) is 31.1 Å². The molecule has 0 aromatic heterocycles. The molecule has 0 unspecified atom stereocenters. The van der Waals surface area contributed by atoms with E-state index in [0.29, 0.717) is 30.2 Å². The van der Waals surface area contributed by atoms with Crippen molar-refractivity contribution in [2.75, 3.05) is 26.2 Å². The number of nitrogens with zero attached hydrogens (tertiary/aromatic N) is 3. The molecular formula is C20H25ClN4O4. The molecule has 1 aromatic rings. The van der Waals surface area contributed by atoms with E-state index in [1.807, 2.05) is 13.8 Å². The molecule has 8 nitrogen and oxygen atoms in total. The molecule has 2 fully saturated rings. The summed E-state index contributed by atoms with van der Waals surface area (Å²) in [5.41, 5.74) is 0.410. The number of imide groups is 1. The van der Waals surface area contributed by atoms with Crippen molar-refractivity contribution in [1.29, 1.82) is 0 Å². The standard InChI is InChI=1S/C20H25ClN4O4/c1-4-24-18(27)15-11-23(9-10-25(15)20(24)29)19(28)16(12(2)3)22-17(26)13-5-7-14(21)8-6-13/h5-8,12,15-16H,4,9-11H2,1-3H3,(H,22,26)/t15-,16+/m0/s1. The Bertz CT molecular complexity index is 826. The van der Waals surface area contributed by atoms with E-state index in [2.05, 4.69) is 5.32 Å². The Morgan fingerprint density at radius 1 is 1.17 bits per heavy atom. The Balaban J connectivity index is 1.71. The van der Waals surface area contributed by atoms with Crippen LogP contribution in [0.25, 0.3) is 0 Å². The van der Waals surface area contributed by atoms with Gasteiger partial charge in [0.15, 0.2) is 0 Å². The van der Waals surface area contributed by atoms with Crippen LogP contribution >= 0.6 is 11.6 Å². The number of piperazine rings is 1. The van der Waals surface area contributed by atoms with Gasteiger partial charge in [0.05, 0.1) is 6.54 Å². The van der Waals surface area contributed by atoms with Crippen LogP contribution in [0.4, 0.5) is 4.79 Å². The van der Waals surface area contributed by atoms with Crippen molar-refractivity contribution in [2.24, 2.45) is 5.92 Å². The Morgan fingerprint density at radius 3 is 2.41 bits per heavy atom. The first-order valence-corrected chi connectivity index (χ1v) is 10.1. The molecule has 3 rings (SSSR count). The van der Waals surface area contributed by atoms with Gasteiger partial charge in [-0.05, 0) is 37.1 Å². The summed E-state index contributed by atoms with van der Waals surface area (Å²) in [7, 11) is 0. The van der Waals surface area contributed by atoms with E-state index >= 15 is 0 Å². The van der Waals surface area contributed by atoms with E-state index in [0.717, 1.165) is 0 Å². The Labute approximate surface area is 174 Å². The SMILES string of the molecule is CCN1C(=O)[C@@H]2CN(C(=O)[C@H](NC(=O)c3ccc(Cl)cc3)C(C)C)CCN2C1=O. The molecule has 1 aromatic carbocycles. The van der Waals surface area contributed by atoms with Crippen molar-refractivity contribution in [1.82, 2.24) is 20.0 Å². The molecule has 1 N–H and O–H groups in total. The lowest BCUT2D eigenvalue weighted by Gasteiger charge is -2.37. The highest BCUT2D eigenvalue weighted by Gasteiger charge is 2.48. The Morgan fingerprint density at radius 2 is 1.83 bits per heavy atom. The van der Waals surface area contributed by atoms with Crippen LogP contribution in [-0.2, 0) is 9.59 Å². The van der Waals surface area contributed by atoms with Gasteiger partial charge in [-0.3, -0.25) is 19.3 Å². The van der Waals surface area contributed by atoms with Crippen LogP contribution in [0.15, 0.2) is 24.3 Å². The molecule has 2 aliphatic heterocycles. The average Bonchev–Trinajstić information content (AvgIpc) is 2.95. The molecule has 156 valence electrons. The van der Waals surface area contributed by atoms with Crippen LogP contribution in [0, 0.1) is 5.92 Å². The largest absolute Gasteiger partial charge is 0.340 e. The van der Waals surface area contributed by atoms with Gasteiger partial charge in [0.1, 0.15) is 12.1 Å². The summed E-state index contributed by atoms with van der Waals surface area (Å²) in [6.45, 7) is 6.52. The molecular weight excluding hydrogens is 396 g/mol. The molecule has 5 amide bonds. The predicted octanol–water partition coefficient (Wildman–Crippen LogP) is 1.59. The Kier molecular flexibility index (Phi) is 6.12. The van der Waals surface area contributed by atoms with Gasteiger partial charge in [-0.25, -0.2) is 4.79 Å². The summed E-state index contributed by atoms with van der Waals surface area (Å²) >= 11 is 5.86. The van der Waals surface area contributed by atoms with Crippen molar-refractivity contribution in [3.05, 3.63) is 34.9 Å². The lowest BCUT2D eigenvalue weighted by atomic mass is 10.0. The van der Waals surface area contributed by atoms with E-state index in [4.69, 9.17) is 11.6 Å². The molecule has 9 heteroatoms. The zero-order valence-corrected chi connectivity index (χ0v) is 17.5. The number of hydrogen-bond donors (Lipinski definition) is 1. The first-order valence-electron chi connectivity index (χ1n) is 9.71. The molecule has 2 heterocycles. The van der Waals surface area contributed by atoms with Gasteiger partial charge < -0.3 is 15.1 Å². The summed E-state index contributed by atoms with van der Waals surface area (Å²) in [5.74, 6) is -1.04. The van der Waals surface area contributed by atoms with Gasteiger partial charge in [0.2, 0.25) is 5.91 Å². The van der Waals surface area contributed by atoms with Crippen LogP contribution in [0.2, 0.25) is 5.02 Å². The van der Waals surface area contributed by atoms with Gasteiger partial charge in [-0.15, -0.1) is 0 Å². The zero-order valence-electron chi connectivity index (χ0n) is 16.7. The predicted molar refractivity (Wildman–Crippen MR) is 107 cm³/mol. The first-order chi connectivity index (χ1) is 13.7. The van der Waals surface area contributed by atoms with E-state index in [-0.39, 0.29) is 36.2 Å². The number of hydrogen-bond acceptors (Lipinski definition) is 4. The van der Waals surface area contributed by atoms with Crippen molar-refractivity contribution in [2.45, 2.75) is 32.9 Å². The fourth-order valence-electron chi connectivity index (χ4n) is 3.68. The number of benzene rings is 1. The van der Waals surface area contributed by atoms with Gasteiger partial charge in [0, 0.05) is 30.2 Å². The quantitative estimate of drug-likeness (QED) is 0.732. The minimum absolute atomic E-state index is 0.139. The third-order valence-electron chi connectivity index (χ3n) is 5.36. The maximum absolute atomic E-state index is 13.2. The second kappa shape index (κ2) is 8.41. The highest BCUT2D eigenvalue weighted by molar-refractivity contribution is 6.30. The Hall–Kier alpha value is -2.61. The highest BCUT2D eigenvalue weighted by atomic mass is 35.5. The highest BCUT2D eigenvalue weighted by Crippen LogP contribution is 2.23. The lowest BCUT2D eigenvalue weighted by molar-refractivity contribution is -0.138. The smallest absolute Gasteiger partial charge is 0.327 e. The number of nitrogens with one attached hydrogen (secondary N) is 1. The van der Waals surface area contributed by atoms with Gasteiger partial charge >= 0.3 is 6.03 Å². The molecule has 2 saturated heterocycles. The minimum atomic E-state index is -0.737. The number of carbonyl (C=O) groups is 4. The molecule has 0 radical (unpaired) electrons. The van der Waals surface area contributed by atoms with Crippen LogP contribution < -0.4 is 5.32 Å². The van der Waals surface area contributed by atoms with Gasteiger partial charge in [-0.1, -0.05) is 25.4 Å². The second-order valence-electron chi connectivity index (χ2n) is 7.56. The number of urea groups is 1. The second-order valence-corrected chi connectivity index (χ2v) is 8.00. The van der Waals surface area contributed by atoms with Crippen molar-refractivity contribution >= 4 is 35.4 Å². The van der Waals surface area contributed by atoms with Gasteiger partial charge in [0.25, 0.3) is 11.8 Å². The number of carbonyl (C=O) groups excluding carboxylic acids is 4. The molecule has 29 heavy (non-hydrogen) atoms. The summed E-state index contributed by atoms with van der Waals surface area (Å²) in [5, 5.41) is 3.32. The fourth-order valence-corrected chi connectivity index (χ4v) is 3.81. The number of fused-ring (bicyclic) bond motifs is 1. The normalized spacial score (nSPS) is 20.2. The molecule has 0 spiro atoms. The number of halogens is 1. The van der Waals surface area contributed by atoms with Crippen molar-refractivity contribution in [3.63, 3.8) is 0 Å². The monoisotopic (exact) mass is 420 g/mol. The van der Waals surface area contributed by atoms with Crippen LogP contribution in [0.3, 0.4) is 0 Å². The summed E-state index contributed by atoms with van der Waals surface area (Å²) in [6.07, 6.45) is 0. The molecule has 0 aliphatic carbocycles. The topological polar surface area (TPSA) is 90.0 Å². The summed E-state index contributed by atoms with van der Waals surface area (Å²) in [4.78, 5) is 54.8. The maximum atomic E-state index is 13.2. The summed E-state index contributed by atoms with van der Waals surface area (Å²) < 4.78 is 0. The van der Waals surface area contributed by atoms with E-state index < -0.39 is 12.1 Å². The first kappa shape index (κ1) is 21.1. The molecule has 0 saturated carbocycles. The third kappa shape index (κ3) is 4.07. The van der Waals surface area contributed by atoms with E-state index in [9.17, 15) is 19.2 Å². The third-order valence-corrected chi connectivity index (χ3v) is 5.61. The summed E-state index contributed by atoms with van der Waals surface area (Å²) in [6, 6.07) is 4.74. The lowest BCUT2D eigenvalue weighted by Crippen LogP contribution is -2.59. The van der Waals surface area contributed by atoms with Gasteiger partial charge in [-0.2, -0.15) is 0 Å². The van der Waals surface area contributed by atoms with Crippen LogP contribution in [-0.4, -0.2) is 76.7 Å². The molecule has 2 atom stereocenters. The fraction of sp³-hybridized carbons (Fsp3) is 0.500. The van der Waals surface area contributed by atoms with E-state index in [1.165, 1.54) is 9.80 Å². The van der Waals surface area contributed by atoms with Crippen molar-refractivity contribution in [3.8, 4) is 0 Å².